The van der Waals surface area contributed by atoms with Crippen LogP contribution in [0, 0.1) is 41.0 Å². The number of non-ortho nitro benzene ring substituents is 1. The zero-order chi connectivity index (χ0) is 15.0. The lowest BCUT2D eigenvalue weighted by Gasteiger charge is -2.05. The van der Waals surface area contributed by atoms with Gasteiger partial charge in [0, 0.05) is 11.8 Å². The largest absolute Gasteiger partial charge is 0.301 e. The molecular weight excluding hydrogens is 264 g/mol. The molecule has 0 saturated heterocycles. The second kappa shape index (κ2) is 4.72. The Kier molecular flexibility index (Phi) is 3.23. The highest BCUT2D eigenvalue weighted by atomic mass is 16.6. The lowest BCUT2D eigenvalue weighted by molar-refractivity contribution is -0.394. The van der Waals surface area contributed by atoms with E-state index in [2.05, 4.69) is 5.10 Å². The first-order chi connectivity index (χ1) is 9.32. The molecule has 8 nitrogen and oxygen atoms in total. The summed E-state index contributed by atoms with van der Waals surface area (Å²) in [6.45, 7) is 5.46. The van der Waals surface area contributed by atoms with Gasteiger partial charge in [-0.1, -0.05) is 0 Å². The molecule has 1 heterocycles. The van der Waals surface area contributed by atoms with Gasteiger partial charge in [-0.25, -0.2) is 4.68 Å². The van der Waals surface area contributed by atoms with E-state index in [9.17, 15) is 20.2 Å². The summed E-state index contributed by atoms with van der Waals surface area (Å²) in [5, 5.41) is 26.1. The Hall–Kier alpha value is -2.77. The number of nitrogens with zero attached hydrogens (tertiary/aromatic N) is 4. The van der Waals surface area contributed by atoms with Crippen molar-refractivity contribution in [1.29, 1.82) is 0 Å². The van der Waals surface area contributed by atoms with Gasteiger partial charge in [0.2, 0.25) is 0 Å². The molecule has 0 atom stereocenters. The quantitative estimate of drug-likeness (QED) is 0.633. The van der Waals surface area contributed by atoms with Crippen molar-refractivity contribution in [2.24, 2.45) is 0 Å². The summed E-state index contributed by atoms with van der Waals surface area (Å²) in [6, 6.07) is 3.52. The summed E-state index contributed by atoms with van der Waals surface area (Å²) in [5.74, 6) is 0. The third-order valence-corrected chi connectivity index (χ3v) is 3.25. The highest BCUT2D eigenvalue weighted by molar-refractivity contribution is 5.58. The normalized spacial score (nSPS) is 10.6. The van der Waals surface area contributed by atoms with Crippen LogP contribution in [0.25, 0.3) is 5.69 Å². The molecule has 0 bridgehead atoms. The number of aromatic nitrogens is 2. The van der Waals surface area contributed by atoms with E-state index in [1.807, 2.05) is 6.92 Å². The maximum atomic E-state index is 11.1. The molecule has 0 amide bonds. The molecule has 0 aliphatic rings. The highest BCUT2D eigenvalue weighted by Gasteiger charge is 2.23. The minimum Gasteiger partial charge on any atom is -0.258 e. The van der Waals surface area contributed by atoms with Crippen molar-refractivity contribution in [1.82, 2.24) is 9.78 Å². The summed E-state index contributed by atoms with van der Waals surface area (Å²) < 4.78 is 1.44. The summed E-state index contributed by atoms with van der Waals surface area (Å²) in [7, 11) is 0. The Morgan fingerprint density at radius 1 is 1.10 bits per heavy atom. The molecular formula is C12H12N4O4. The Balaban J connectivity index is 2.70. The zero-order valence-electron chi connectivity index (χ0n) is 11.2. The molecule has 2 aromatic rings. The van der Waals surface area contributed by atoms with Crippen LogP contribution in [-0.4, -0.2) is 19.6 Å². The first kappa shape index (κ1) is 13.7. The van der Waals surface area contributed by atoms with Crippen molar-refractivity contribution in [2.45, 2.75) is 20.8 Å². The van der Waals surface area contributed by atoms with Gasteiger partial charge in [-0.05, 0) is 32.4 Å². The molecule has 0 aliphatic heterocycles. The Bertz CT molecular complexity index is 720. The summed E-state index contributed by atoms with van der Waals surface area (Å²) >= 11 is 0. The van der Waals surface area contributed by atoms with E-state index in [0.29, 0.717) is 0 Å². The van der Waals surface area contributed by atoms with Gasteiger partial charge in [0.15, 0.2) is 0 Å². The van der Waals surface area contributed by atoms with Gasteiger partial charge in [0.25, 0.3) is 5.69 Å². The fourth-order valence-corrected chi connectivity index (χ4v) is 1.91. The smallest absolute Gasteiger partial charge is 0.258 e. The maximum Gasteiger partial charge on any atom is 0.301 e. The average Bonchev–Trinajstić information content (AvgIpc) is 2.65. The molecule has 20 heavy (non-hydrogen) atoms. The lowest BCUT2D eigenvalue weighted by atomic mass is 10.2. The summed E-state index contributed by atoms with van der Waals surface area (Å²) in [6.07, 6.45) is 0. The first-order valence-electron chi connectivity index (χ1n) is 5.79. The van der Waals surface area contributed by atoms with Crippen LogP contribution in [0.15, 0.2) is 18.2 Å². The van der Waals surface area contributed by atoms with Crippen LogP contribution in [0.2, 0.25) is 0 Å². The molecule has 8 heteroatoms. The summed E-state index contributed by atoms with van der Waals surface area (Å²) in [5.41, 5.74) is 2.00. The van der Waals surface area contributed by atoms with E-state index in [1.165, 1.54) is 16.8 Å². The van der Waals surface area contributed by atoms with Crippen molar-refractivity contribution < 1.29 is 9.85 Å². The van der Waals surface area contributed by atoms with Gasteiger partial charge >= 0.3 is 5.69 Å². The van der Waals surface area contributed by atoms with Crippen molar-refractivity contribution in [2.75, 3.05) is 0 Å². The minimum atomic E-state index is -0.663. The van der Waals surface area contributed by atoms with E-state index < -0.39 is 9.85 Å². The SMILES string of the molecule is Cc1nn(-c2ccc([N+](=O)[O-])cc2[N+](=O)[O-])c(C)c1C. The molecule has 0 unspecified atom stereocenters. The van der Waals surface area contributed by atoms with E-state index in [0.717, 1.165) is 23.0 Å². The van der Waals surface area contributed by atoms with Crippen LogP contribution < -0.4 is 0 Å². The third-order valence-electron chi connectivity index (χ3n) is 3.25. The predicted molar refractivity (Wildman–Crippen MR) is 71.1 cm³/mol. The second-order valence-electron chi connectivity index (χ2n) is 4.39. The topological polar surface area (TPSA) is 104 Å². The van der Waals surface area contributed by atoms with Crippen LogP contribution >= 0.6 is 0 Å². The highest BCUT2D eigenvalue weighted by Crippen LogP contribution is 2.29. The van der Waals surface area contributed by atoms with Crippen LogP contribution in [0.4, 0.5) is 11.4 Å². The van der Waals surface area contributed by atoms with E-state index in [-0.39, 0.29) is 17.1 Å². The lowest BCUT2D eigenvalue weighted by Crippen LogP contribution is -2.04. The zero-order valence-corrected chi connectivity index (χ0v) is 11.2. The van der Waals surface area contributed by atoms with E-state index in [4.69, 9.17) is 0 Å². The Morgan fingerprint density at radius 2 is 1.75 bits per heavy atom. The summed E-state index contributed by atoms with van der Waals surface area (Å²) in [4.78, 5) is 20.5. The van der Waals surface area contributed by atoms with Crippen LogP contribution in [0.1, 0.15) is 17.0 Å². The molecule has 0 fully saturated rings. The van der Waals surface area contributed by atoms with Crippen LogP contribution in [0.3, 0.4) is 0 Å². The van der Waals surface area contributed by atoms with Crippen molar-refractivity contribution in [3.63, 3.8) is 0 Å². The van der Waals surface area contributed by atoms with Crippen molar-refractivity contribution in [3.05, 3.63) is 55.4 Å². The molecule has 104 valence electrons. The van der Waals surface area contributed by atoms with Gasteiger partial charge in [-0.3, -0.25) is 20.2 Å². The minimum absolute atomic E-state index is 0.217. The third kappa shape index (κ3) is 2.11. The van der Waals surface area contributed by atoms with Gasteiger partial charge in [-0.15, -0.1) is 0 Å². The van der Waals surface area contributed by atoms with Crippen LogP contribution in [-0.2, 0) is 0 Å². The molecule has 0 aliphatic carbocycles. The monoisotopic (exact) mass is 276 g/mol. The molecule has 0 radical (unpaired) electrons. The maximum absolute atomic E-state index is 11.1. The first-order valence-corrected chi connectivity index (χ1v) is 5.79. The van der Waals surface area contributed by atoms with Gasteiger partial charge in [-0.2, -0.15) is 5.10 Å². The van der Waals surface area contributed by atoms with Gasteiger partial charge < -0.3 is 0 Å². The Labute approximate surface area is 113 Å². The van der Waals surface area contributed by atoms with Gasteiger partial charge in [0.1, 0.15) is 5.69 Å². The van der Waals surface area contributed by atoms with E-state index >= 15 is 0 Å². The van der Waals surface area contributed by atoms with Gasteiger partial charge in [0.05, 0.1) is 21.6 Å². The standard InChI is InChI=1S/C12H12N4O4/c1-7-8(2)13-14(9(7)3)11-5-4-10(15(17)18)6-12(11)16(19)20/h4-6H,1-3H3. The number of hydrogen-bond acceptors (Lipinski definition) is 5. The van der Waals surface area contributed by atoms with E-state index in [1.54, 1.807) is 13.8 Å². The Morgan fingerprint density at radius 3 is 2.20 bits per heavy atom. The predicted octanol–water partition coefficient (Wildman–Crippen LogP) is 2.61. The number of nitro groups is 2. The second-order valence-corrected chi connectivity index (χ2v) is 4.39. The fraction of sp³-hybridized carbons (Fsp3) is 0.250. The molecule has 0 saturated carbocycles. The number of rotatable bonds is 3. The molecule has 1 aromatic heterocycles. The number of hydrogen-bond donors (Lipinski definition) is 0. The molecule has 1 aromatic carbocycles. The van der Waals surface area contributed by atoms with Crippen molar-refractivity contribution in [3.8, 4) is 5.69 Å². The van der Waals surface area contributed by atoms with Crippen molar-refractivity contribution >= 4 is 11.4 Å². The fourth-order valence-electron chi connectivity index (χ4n) is 1.91. The average molecular weight is 276 g/mol. The van der Waals surface area contributed by atoms with Crippen LogP contribution in [0.5, 0.6) is 0 Å². The molecule has 2 rings (SSSR count). The number of nitro benzene ring substituents is 2. The number of aryl methyl sites for hydroxylation is 1. The number of benzene rings is 1. The molecule has 0 N–H and O–H groups in total. The molecule has 0 spiro atoms.